The molecule has 0 aliphatic heterocycles. The summed E-state index contributed by atoms with van der Waals surface area (Å²) in [5.41, 5.74) is 3.91. The Labute approximate surface area is 224 Å². The molecule has 4 rings (SSSR count). The van der Waals surface area contributed by atoms with E-state index in [1.807, 2.05) is 97.1 Å². The van der Waals surface area contributed by atoms with Crippen LogP contribution in [0.5, 0.6) is 5.75 Å². The molecule has 2 amide bonds. The first-order valence-corrected chi connectivity index (χ1v) is 12.8. The van der Waals surface area contributed by atoms with Gasteiger partial charge in [-0.3, -0.25) is 14.6 Å². The van der Waals surface area contributed by atoms with Gasteiger partial charge >= 0.3 is 0 Å². The minimum atomic E-state index is -0.681. The second-order valence-electron chi connectivity index (χ2n) is 9.14. The second kappa shape index (κ2) is 13.7. The van der Waals surface area contributed by atoms with Gasteiger partial charge in [-0.1, -0.05) is 78.9 Å². The summed E-state index contributed by atoms with van der Waals surface area (Å²) in [6.07, 6.45) is 4.75. The number of ether oxygens (including phenoxy) is 1. The van der Waals surface area contributed by atoms with Crippen molar-refractivity contribution in [3.8, 4) is 5.75 Å². The first-order valence-electron chi connectivity index (χ1n) is 12.8. The number of hydrogen-bond donors (Lipinski definition) is 1. The maximum Gasteiger partial charge on any atom is 0.243 e. The molecule has 0 fully saturated rings. The van der Waals surface area contributed by atoms with Crippen molar-refractivity contribution < 1.29 is 14.3 Å². The van der Waals surface area contributed by atoms with Crippen LogP contribution in [0.15, 0.2) is 109 Å². The van der Waals surface area contributed by atoms with Crippen LogP contribution < -0.4 is 10.1 Å². The molecule has 0 aliphatic rings. The quantitative estimate of drug-likeness (QED) is 0.294. The zero-order valence-corrected chi connectivity index (χ0v) is 21.6. The van der Waals surface area contributed by atoms with Crippen molar-refractivity contribution in [3.63, 3.8) is 0 Å². The number of rotatable bonds is 12. The number of carbonyl (C=O) groups excluding carboxylic acids is 2. The molecule has 0 aliphatic carbocycles. The van der Waals surface area contributed by atoms with Gasteiger partial charge in [0.05, 0.1) is 7.11 Å². The number of benzene rings is 3. The minimum absolute atomic E-state index is 0.0675. The highest BCUT2D eigenvalue weighted by Gasteiger charge is 2.30. The predicted molar refractivity (Wildman–Crippen MR) is 148 cm³/mol. The van der Waals surface area contributed by atoms with E-state index in [-0.39, 0.29) is 11.8 Å². The largest absolute Gasteiger partial charge is 0.497 e. The summed E-state index contributed by atoms with van der Waals surface area (Å²) in [6, 6.07) is 30.4. The van der Waals surface area contributed by atoms with E-state index in [0.29, 0.717) is 32.4 Å². The normalized spacial score (nSPS) is 11.4. The lowest BCUT2D eigenvalue weighted by molar-refractivity contribution is -0.141. The summed E-state index contributed by atoms with van der Waals surface area (Å²) in [7, 11) is 1.62. The molecule has 0 radical (unpaired) electrons. The Hall–Kier alpha value is -4.45. The van der Waals surface area contributed by atoms with Gasteiger partial charge in [0.15, 0.2) is 0 Å². The molecule has 6 nitrogen and oxygen atoms in total. The molecule has 6 heteroatoms. The first-order chi connectivity index (χ1) is 18.6. The SMILES string of the molecule is COc1ccc(CN(C(=O)CCc2ccccc2)[C@@H](Cc2ccccc2)C(=O)NCc2cccnc2)cc1. The molecule has 0 unspecified atom stereocenters. The summed E-state index contributed by atoms with van der Waals surface area (Å²) in [5.74, 6) is 0.479. The van der Waals surface area contributed by atoms with Crippen LogP contribution in [0.1, 0.15) is 28.7 Å². The average molecular weight is 508 g/mol. The molecule has 1 atom stereocenters. The van der Waals surface area contributed by atoms with Gasteiger partial charge in [0, 0.05) is 38.3 Å². The van der Waals surface area contributed by atoms with Crippen LogP contribution in [-0.4, -0.2) is 34.8 Å². The molecule has 194 valence electrons. The highest BCUT2D eigenvalue weighted by Crippen LogP contribution is 2.19. The monoisotopic (exact) mass is 507 g/mol. The predicted octanol–water partition coefficient (Wildman–Crippen LogP) is 4.98. The van der Waals surface area contributed by atoms with E-state index in [0.717, 1.165) is 28.0 Å². The Morgan fingerprint density at radius 3 is 2.11 bits per heavy atom. The topological polar surface area (TPSA) is 71.5 Å². The van der Waals surface area contributed by atoms with Crippen molar-refractivity contribution in [2.75, 3.05) is 7.11 Å². The molecule has 1 aromatic heterocycles. The Morgan fingerprint density at radius 2 is 1.47 bits per heavy atom. The first kappa shape index (κ1) is 26.6. The van der Waals surface area contributed by atoms with Crippen LogP contribution in [0.2, 0.25) is 0 Å². The van der Waals surface area contributed by atoms with Gasteiger partial charge < -0.3 is 15.0 Å². The van der Waals surface area contributed by atoms with Crippen LogP contribution in [0.25, 0.3) is 0 Å². The molecule has 4 aromatic rings. The number of methoxy groups -OCH3 is 1. The Kier molecular flexibility index (Phi) is 9.63. The fourth-order valence-electron chi connectivity index (χ4n) is 4.33. The zero-order valence-electron chi connectivity index (χ0n) is 21.6. The molecule has 0 saturated carbocycles. The van der Waals surface area contributed by atoms with Crippen molar-refractivity contribution in [2.45, 2.75) is 38.4 Å². The maximum atomic E-state index is 13.8. The number of amides is 2. The molecular weight excluding hydrogens is 474 g/mol. The third kappa shape index (κ3) is 7.77. The van der Waals surface area contributed by atoms with E-state index in [1.165, 1.54) is 0 Å². The van der Waals surface area contributed by atoms with Crippen molar-refractivity contribution in [1.82, 2.24) is 15.2 Å². The van der Waals surface area contributed by atoms with Crippen LogP contribution in [0.3, 0.4) is 0 Å². The Bertz CT molecular complexity index is 1280. The fraction of sp³-hybridized carbons (Fsp3) is 0.219. The Morgan fingerprint density at radius 1 is 0.816 bits per heavy atom. The summed E-state index contributed by atoms with van der Waals surface area (Å²) >= 11 is 0. The number of hydrogen-bond acceptors (Lipinski definition) is 4. The maximum absolute atomic E-state index is 13.8. The number of nitrogens with one attached hydrogen (secondary N) is 1. The second-order valence-corrected chi connectivity index (χ2v) is 9.14. The molecule has 1 N–H and O–H groups in total. The van der Waals surface area contributed by atoms with E-state index in [1.54, 1.807) is 24.4 Å². The van der Waals surface area contributed by atoms with E-state index < -0.39 is 6.04 Å². The molecule has 0 spiro atoms. The van der Waals surface area contributed by atoms with Gasteiger partial charge in [0.2, 0.25) is 11.8 Å². The van der Waals surface area contributed by atoms with E-state index in [2.05, 4.69) is 10.3 Å². The molecule has 3 aromatic carbocycles. The summed E-state index contributed by atoms with van der Waals surface area (Å²) in [6.45, 7) is 0.655. The Balaban J connectivity index is 1.60. The van der Waals surface area contributed by atoms with E-state index in [9.17, 15) is 9.59 Å². The van der Waals surface area contributed by atoms with Gasteiger partial charge in [0.1, 0.15) is 11.8 Å². The van der Waals surface area contributed by atoms with Gasteiger partial charge in [-0.2, -0.15) is 0 Å². The number of aryl methyl sites for hydroxylation is 1. The summed E-state index contributed by atoms with van der Waals surface area (Å²) < 4.78 is 5.30. The summed E-state index contributed by atoms with van der Waals surface area (Å²) in [4.78, 5) is 33.3. The zero-order chi connectivity index (χ0) is 26.6. The molecule has 38 heavy (non-hydrogen) atoms. The van der Waals surface area contributed by atoms with Crippen LogP contribution in [0.4, 0.5) is 0 Å². The third-order valence-corrected chi connectivity index (χ3v) is 6.44. The third-order valence-electron chi connectivity index (χ3n) is 6.44. The molecule has 1 heterocycles. The number of nitrogens with zero attached hydrogens (tertiary/aromatic N) is 2. The van der Waals surface area contributed by atoms with Crippen LogP contribution in [-0.2, 0) is 35.5 Å². The fourth-order valence-corrected chi connectivity index (χ4v) is 4.33. The average Bonchev–Trinajstić information content (AvgIpc) is 2.98. The van der Waals surface area contributed by atoms with E-state index in [4.69, 9.17) is 4.74 Å². The lowest BCUT2D eigenvalue weighted by atomic mass is 10.0. The van der Waals surface area contributed by atoms with Crippen molar-refractivity contribution in [2.24, 2.45) is 0 Å². The van der Waals surface area contributed by atoms with Crippen LogP contribution >= 0.6 is 0 Å². The molecule has 0 bridgehead atoms. The minimum Gasteiger partial charge on any atom is -0.497 e. The van der Waals surface area contributed by atoms with Gasteiger partial charge in [0.25, 0.3) is 0 Å². The number of aromatic nitrogens is 1. The summed E-state index contributed by atoms with van der Waals surface area (Å²) in [5, 5.41) is 3.04. The highest BCUT2D eigenvalue weighted by atomic mass is 16.5. The number of carbonyl (C=O) groups is 2. The standard InChI is InChI=1S/C32H33N3O3/c1-38-29-17-14-27(15-18-29)24-35(31(36)19-16-25-9-4-2-5-10-25)30(21-26-11-6-3-7-12-26)32(37)34-23-28-13-8-20-33-22-28/h2-15,17-18,20,22,30H,16,19,21,23-24H2,1H3,(H,34,37)/t30-/m0/s1. The van der Waals surface area contributed by atoms with Crippen molar-refractivity contribution in [1.29, 1.82) is 0 Å². The van der Waals surface area contributed by atoms with Gasteiger partial charge in [-0.15, -0.1) is 0 Å². The van der Waals surface area contributed by atoms with Gasteiger partial charge in [-0.05, 0) is 46.9 Å². The smallest absolute Gasteiger partial charge is 0.243 e. The van der Waals surface area contributed by atoms with Crippen molar-refractivity contribution >= 4 is 11.8 Å². The lowest BCUT2D eigenvalue weighted by Gasteiger charge is -2.32. The van der Waals surface area contributed by atoms with E-state index >= 15 is 0 Å². The molecule has 0 saturated heterocycles. The number of pyridine rings is 1. The lowest BCUT2D eigenvalue weighted by Crippen LogP contribution is -2.50. The highest BCUT2D eigenvalue weighted by molar-refractivity contribution is 5.88. The van der Waals surface area contributed by atoms with Crippen molar-refractivity contribution in [3.05, 3.63) is 132 Å². The van der Waals surface area contributed by atoms with Gasteiger partial charge in [-0.25, -0.2) is 0 Å². The van der Waals surface area contributed by atoms with Crippen LogP contribution in [0, 0.1) is 0 Å². The molecular formula is C32H33N3O3.